The van der Waals surface area contributed by atoms with E-state index in [1.807, 2.05) is 84.9 Å². The highest BCUT2D eigenvalue weighted by atomic mass is 35.5. The number of carbonyl (C=O) groups excluding carboxylic acids is 6. The predicted octanol–water partition coefficient (Wildman–Crippen LogP) is 5.50. The Hall–Kier alpha value is -5.85. The van der Waals surface area contributed by atoms with E-state index in [0.717, 1.165) is 27.2 Å². The fourth-order valence-corrected chi connectivity index (χ4v) is 5.11. The van der Waals surface area contributed by atoms with Crippen LogP contribution in [0, 0.1) is 0 Å². The lowest BCUT2D eigenvalue weighted by atomic mass is 9.97. The quantitative estimate of drug-likeness (QED) is 0.0960. The summed E-state index contributed by atoms with van der Waals surface area (Å²) in [6.45, 7) is 6.56. The molecule has 0 saturated heterocycles. The summed E-state index contributed by atoms with van der Waals surface area (Å²) in [6, 6.07) is 34.0. The average Bonchev–Trinajstić information content (AvgIpc) is 3.23. The first-order valence-corrected chi connectivity index (χ1v) is 17.8. The van der Waals surface area contributed by atoms with E-state index in [4.69, 9.17) is 21.1 Å². The largest absolute Gasteiger partial charge is 0.464 e. The first-order chi connectivity index (χ1) is 26.1. The molecule has 4 rings (SSSR count). The second kappa shape index (κ2) is 21.8. The zero-order valence-electron chi connectivity index (χ0n) is 32.4. The summed E-state index contributed by atoms with van der Waals surface area (Å²) in [5.41, 5.74) is 2.04. The van der Waals surface area contributed by atoms with Gasteiger partial charge in [-0.1, -0.05) is 84.9 Å². The molecule has 0 aliphatic carbocycles. The van der Waals surface area contributed by atoms with Gasteiger partial charge in [-0.05, 0) is 92.9 Å². The van der Waals surface area contributed by atoms with Gasteiger partial charge in [-0.15, -0.1) is 0 Å². The van der Waals surface area contributed by atoms with Crippen molar-refractivity contribution in [2.75, 3.05) is 41.4 Å². The maximum Gasteiger partial charge on any atom is 0.341 e. The van der Waals surface area contributed by atoms with Gasteiger partial charge in [-0.3, -0.25) is 24.5 Å². The Morgan fingerprint density at radius 2 is 0.964 bits per heavy atom. The van der Waals surface area contributed by atoms with Crippen LogP contribution in [0.15, 0.2) is 109 Å². The molecular weight excluding hydrogens is 724 g/mol. The number of amides is 3. The van der Waals surface area contributed by atoms with Crippen molar-refractivity contribution in [3.63, 3.8) is 0 Å². The van der Waals surface area contributed by atoms with Crippen LogP contribution >= 0.6 is 11.6 Å². The molecule has 3 amide bonds. The number of carbonyl (C=O) groups is 6. The minimum atomic E-state index is -1.76. The van der Waals surface area contributed by atoms with Crippen LogP contribution in [0.4, 0.5) is 0 Å². The van der Waals surface area contributed by atoms with E-state index in [1.165, 1.54) is 42.0 Å². The number of likely N-dealkylation sites (N-methyl/N-ethyl adjacent to an activating group) is 4. The monoisotopic (exact) mass is 772 g/mol. The summed E-state index contributed by atoms with van der Waals surface area (Å²) in [5.74, 6) is -2.82. The number of ether oxygens (including phenoxy) is 2. The van der Waals surface area contributed by atoms with Gasteiger partial charge in [0.25, 0.3) is 23.0 Å². The van der Waals surface area contributed by atoms with Gasteiger partial charge in [-0.2, -0.15) is 0 Å². The van der Waals surface area contributed by atoms with Crippen molar-refractivity contribution in [1.29, 1.82) is 0 Å². The Morgan fingerprint density at radius 1 is 0.582 bits per heavy atom. The lowest BCUT2D eigenvalue weighted by Crippen LogP contribution is -2.62. The molecule has 292 valence electrons. The highest BCUT2D eigenvalue weighted by Crippen LogP contribution is 2.23. The lowest BCUT2D eigenvalue weighted by Gasteiger charge is -2.34. The predicted molar refractivity (Wildman–Crippen MR) is 213 cm³/mol. The molecule has 2 atom stereocenters. The number of nitrogens with one attached hydrogen (secondary N) is 3. The van der Waals surface area contributed by atoms with Crippen LogP contribution in [0.5, 0.6) is 0 Å². The number of hydrogen-bond acceptors (Lipinski definition) is 9. The van der Waals surface area contributed by atoms with Gasteiger partial charge >= 0.3 is 11.9 Å². The van der Waals surface area contributed by atoms with Crippen molar-refractivity contribution in [2.45, 2.75) is 38.8 Å². The maximum absolute atomic E-state index is 12.9. The Kier molecular flexibility index (Phi) is 17.9. The summed E-state index contributed by atoms with van der Waals surface area (Å²) in [4.78, 5) is 72.3. The van der Waals surface area contributed by atoms with Crippen molar-refractivity contribution in [3.05, 3.63) is 120 Å². The van der Waals surface area contributed by atoms with Crippen LogP contribution in [0.1, 0.15) is 48.4 Å². The van der Waals surface area contributed by atoms with Crippen LogP contribution < -0.4 is 16.0 Å². The van der Waals surface area contributed by atoms with Gasteiger partial charge in [0, 0.05) is 32.3 Å². The summed E-state index contributed by atoms with van der Waals surface area (Å²) in [5, 5.41) is 7.03. The third-order valence-electron chi connectivity index (χ3n) is 8.64. The molecule has 0 aliphatic heterocycles. The van der Waals surface area contributed by atoms with Gasteiger partial charge in [0.15, 0.2) is 5.54 Å². The summed E-state index contributed by atoms with van der Waals surface area (Å²) < 4.78 is 9.78. The number of rotatable bonds is 12. The van der Waals surface area contributed by atoms with Crippen molar-refractivity contribution < 1.29 is 38.2 Å². The van der Waals surface area contributed by atoms with E-state index < -0.39 is 46.0 Å². The topological polar surface area (TPSA) is 160 Å². The zero-order valence-corrected chi connectivity index (χ0v) is 33.2. The molecule has 0 aliphatic rings. The minimum Gasteiger partial charge on any atom is -0.464 e. The molecule has 3 N–H and O–H groups in total. The first kappa shape index (κ1) is 45.3. The van der Waals surface area contributed by atoms with Crippen LogP contribution in [0.25, 0.3) is 22.3 Å². The summed E-state index contributed by atoms with van der Waals surface area (Å²) in [7, 11) is 5.83. The van der Waals surface area contributed by atoms with E-state index in [-0.39, 0.29) is 13.2 Å². The van der Waals surface area contributed by atoms with Gasteiger partial charge < -0.3 is 25.0 Å². The Bertz CT molecular complexity index is 1890. The molecule has 55 heavy (non-hydrogen) atoms. The fraction of sp³-hybridized carbons (Fsp3) is 0.286. The van der Waals surface area contributed by atoms with E-state index >= 15 is 0 Å². The maximum atomic E-state index is 12.9. The molecule has 4 aromatic rings. The number of benzene rings is 4. The molecule has 13 heteroatoms. The van der Waals surface area contributed by atoms with E-state index in [9.17, 15) is 28.8 Å². The standard InChI is InChI=1S/C21H24N2O4.C13H9ClO.C8H16N2O3/c1-5-27-20(26)21(2,19(25)22-3)23(4)18(24)17-13-11-16(12-14-17)15-9-7-6-8-10-15;14-13(15)12-8-6-11(7-9-12)10-4-2-1-3-5-10;1-5-13-7(12)8(2,10-4)6(11)9-3/h6-14H,5H2,1-4H3,(H,22,25);1-9H;10H,5H2,1-4H3,(H,9,11). The zero-order chi connectivity index (χ0) is 41.2. The van der Waals surface area contributed by atoms with Gasteiger partial charge in [0.2, 0.25) is 5.54 Å². The number of esters is 2. The van der Waals surface area contributed by atoms with Gasteiger partial charge in [0.1, 0.15) is 0 Å². The van der Waals surface area contributed by atoms with Crippen LogP contribution in [-0.2, 0) is 28.7 Å². The molecule has 0 bridgehead atoms. The molecule has 0 aromatic heterocycles. The van der Waals surface area contributed by atoms with E-state index in [2.05, 4.69) is 16.0 Å². The second-order valence-electron chi connectivity index (χ2n) is 12.1. The Labute approximate surface area is 327 Å². The molecule has 12 nitrogen and oxygen atoms in total. The average molecular weight is 773 g/mol. The third-order valence-corrected chi connectivity index (χ3v) is 8.86. The van der Waals surface area contributed by atoms with E-state index in [0.29, 0.717) is 11.1 Å². The highest BCUT2D eigenvalue weighted by Gasteiger charge is 2.48. The number of nitrogens with zero attached hydrogens (tertiary/aromatic N) is 1. The summed E-state index contributed by atoms with van der Waals surface area (Å²) >= 11 is 5.36. The molecule has 0 fully saturated rings. The molecule has 0 saturated carbocycles. The van der Waals surface area contributed by atoms with Crippen molar-refractivity contribution >= 4 is 46.5 Å². The molecule has 0 spiro atoms. The second-order valence-corrected chi connectivity index (χ2v) is 12.4. The lowest BCUT2D eigenvalue weighted by molar-refractivity contribution is -0.160. The van der Waals surface area contributed by atoms with Crippen molar-refractivity contribution in [3.8, 4) is 22.3 Å². The van der Waals surface area contributed by atoms with E-state index in [1.54, 1.807) is 38.1 Å². The molecule has 0 radical (unpaired) electrons. The molecule has 2 unspecified atom stereocenters. The highest BCUT2D eigenvalue weighted by molar-refractivity contribution is 6.67. The smallest absolute Gasteiger partial charge is 0.341 e. The SMILES string of the molecule is CCOC(=O)C(C)(C(=O)NC)N(C)C(=O)c1ccc(-c2ccccc2)cc1.CCOC(=O)C(C)(NC)C(=O)NC.O=C(Cl)c1ccc(-c2ccccc2)cc1. The normalized spacial score (nSPS) is 12.3. The van der Waals surface area contributed by atoms with Crippen molar-refractivity contribution in [2.24, 2.45) is 0 Å². The number of hydrogen-bond donors (Lipinski definition) is 3. The van der Waals surface area contributed by atoms with Gasteiger partial charge in [0.05, 0.1) is 13.2 Å². The molecular formula is C42H49ClN4O8. The number of halogens is 1. The summed E-state index contributed by atoms with van der Waals surface area (Å²) in [6.07, 6.45) is 0. The molecule has 4 aromatic carbocycles. The van der Waals surface area contributed by atoms with Crippen LogP contribution in [-0.4, -0.2) is 92.3 Å². The minimum absolute atomic E-state index is 0.110. The van der Waals surface area contributed by atoms with Gasteiger partial charge in [-0.25, -0.2) is 9.59 Å². The van der Waals surface area contributed by atoms with Crippen molar-refractivity contribution in [1.82, 2.24) is 20.9 Å². The third kappa shape index (κ3) is 11.8. The fourth-order valence-electron chi connectivity index (χ4n) is 4.99. The molecule has 0 heterocycles. The Balaban J connectivity index is 0.000000315. The van der Waals surface area contributed by atoms with Crippen LogP contribution in [0.3, 0.4) is 0 Å². The Morgan fingerprint density at radius 3 is 1.33 bits per heavy atom. The first-order valence-electron chi connectivity index (χ1n) is 17.4. The van der Waals surface area contributed by atoms with Crippen LogP contribution in [0.2, 0.25) is 0 Å².